The van der Waals surface area contributed by atoms with Crippen LogP contribution in [0.1, 0.15) is 11.1 Å². The average molecular weight is 308 g/mol. The molecule has 7 heteroatoms. The number of aliphatic hydroxyl groups is 1. The third-order valence-corrected chi connectivity index (χ3v) is 4.45. The fourth-order valence-corrected chi connectivity index (χ4v) is 3.14. The van der Waals surface area contributed by atoms with E-state index < -0.39 is 10.0 Å². The molecule has 0 fully saturated rings. The summed E-state index contributed by atoms with van der Waals surface area (Å²) in [7, 11) is -2.26. The molecule has 0 aliphatic rings. The van der Waals surface area contributed by atoms with Gasteiger partial charge in [-0.1, -0.05) is 12.1 Å². The number of hydrogen-bond acceptors (Lipinski definition) is 5. The second-order valence-electron chi connectivity index (χ2n) is 4.45. The number of pyridine rings is 1. The molecule has 0 spiro atoms. The van der Waals surface area contributed by atoms with Gasteiger partial charge in [-0.2, -0.15) is 0 Å². The highest BCUT2D eigenvalue weighted by atomic mass is 32.2. The van der Waals surface area contributed by atoms with Crippen LogP contribution < -0.4 is 9.46 Å². The Labute approximate surface area is 123 Å². The molecule has 0 unspecified atom stereocenters. The summed E-state index contributed by atoms with van der Waals surface area (Å²) in [6, 6.07) is 7.92. The third-order valence-electron chi connectivity index (χ3n) is 2.92. The van der Waals surface area contributed by atoms with Crippen LogP contribution in [-0.4, -0.2) is 25.6 Å². The molecule has 1 aromatic carbocycles. The second-order valence-corrected chi connectivity index (χ2v) is 6.10. The van der Waals surface area contributed by atoms with Crippen LogP contribution in [0.5, 0.6) is 5.88 Å². The number of ether oxygens (including phenoxy) is 1. The Morgan fingerprint density at radius 3 is 2.62 bits per heavy atom. The normalized spacial score (nSPS) is 11.2. The number of aromatic nitrogens is 1. The topological polar surface area (TPSA) is 88.5 Å². The molecule has 1 heterocycles. The van der Waals surface area contributed by atoms with Crippen LogP contribution in [-0.2, 0) is 16.6 Å². The molecule has 2 rings (SSSR count). The number of methoxy groups -OCH3 is 1. The van der Waals surface area contributed by atoms with E-state index in [1.807, 2.05) is 0 Å². The van der Waals surface area contributed by atoms with Crippen molar-refractivity contribution in [2.45, 2.75) is 18.4 Å². The maximum Gasteiger partial charge on any atom is 0.262 e. The van der Waals surface area contributed by atoms with Gasteiger partial charge in [-0.05, 0) is 30.2 Å². The summed E-state index contributed by atoms with van der Waals surface area (Å²) in [5.41, 5.74) is 1.47. The minimum Gasteiger partial charge on any atom is -0.481 e. The van der Waals surface area contributed by atoms with Crippen molar-refractivity contribution in [1.82, 2.24) is 4.98 Å². The zero-order valence-electron chi connectivity index (χ0n) is 11.7. The van der Waals surface area contributed by atoms with Crippen LogP contribution in [0.2, 0.25) is 0 Å². The quantitative estimate of drug-likeness (QED) is 0.877. The summed E-state index contributed by atoms with van der Waals surface area (Å²) in [6.45, 7) is 1.48. The zero-order valence-corrected chi connectivity index (χ0v) is 12.5. The Balaban J connectivity index is 2.33. The lowest BCUT2D eigenvalue weighted by Crippen LogP contribution is -2.14. The first-order valence-corrected chi connectivity index (χ1v) is 7.68. The lowest BCUT2D eigenvalue weighted by Gasteiger charge is -2.11. The molecule has 0 amide bonds. The average Bonchev–Trinajstić information content (AvgIpc) is 2.48. The summed E-state index contributed by atoms with van der Waals surface area (Å²) in [5, 5.41) is 9.13. The van der Waals surface area contributed by atoms with Crippen LogP contribution in [0.25, 0.3) is 0 Å². The molecule has 1 aromatic heterocycles. The molecule has 0 saturated heterocycles. The number of aryl methyl sites for hydroxylation is 1. The number of nitrogens with zero attached hydrogens (tertiary/aromatic N) is 1. The molecule has 0 aliphatic heterocycles. The van der Waals surface area contributed by atoms with Crippen LogP contribution in [0.15, 0.2) is 41.4 Å². The molecule has 2 aromatic rings. The lowest BCUT2D eigenvalue weighted by molar-refractivity contribution is 0.281. The fourth-order valence-electron chi connectivity index (χ4n) is 1.80. The van der Waals surface area contributed by atoms with Gasteiger partial charge in [0.05, 0.1) is 30.5 Å². The molecule has 0 atom stereocenters. The van der Waals surface area contributed by atoms with Crippen molar-refractivity contribution in [3.8, 4) is 5.88 Å². The first kappa shape index (κ1) is 15.3. The van der Waals surface area contributed by atoms with Gasteiger partial charge in [0.1, 0.15) is 0 Å². The van der Waals surface area contributed by atoms with E-state index >= 15 is 0 Å². The van der Waals surface area contributed by atoms with Crippen molar-refractivity contribution in [3.05, 3.63) is 47.7 Å². The highest BCUT2D eigenvalue weighted by molar-refractivity contribution is 7.92. The number of rotatable bonds is 5. The summed E-state index contributed by atoms with van der Waals surface area (Å²) >= 11 is 0. The molecule has 2 N–H and O–H groups in total. The summed E-state index contributed by atoms with van der Waals surface area (Å²) in [6.07, 6.45) is 1.38. The van der Waals surface area contributed by atoms with E-state index in [4.69, 9.17) is 9.84 Å². The number of aliphatic hydroxyl groups excluding tert-OH is 1. The van der Waals surface area contributed by atoms with Crippen molar-refractivity contribution >= 4 is 15.7 Å². The molecule has 112 valence electrons. The maximum absolute atomic E-state index is 12.4. The number of nitrogens with one attached hydrogen (secondary N) is 1. The predicted molar refractivity (Wildman–Crippen MR) is 78.7 cm³/mol. The van der Waals surface area contributed by atoms with Gasteiger partial charge in [0.15, 0.2) is 0 Å². The first-order valence-electron chi connectivity index (χ1n) is 6.19. The van der Waals surface area contributed by atoms with Crippen LogP contribution in [0.4, 0.5) is 5.69 Å². The number of anilines is 1. The lowest BCUT2D eigenvalue weighted by atomic mass is 10.2. The van der Waals surface area contributed by atoms with E-state index in [2.05, 4.69) is 9.71 Å². The number of hydrogen-bond donors (Lipinski definition) is 2. The zero-order chi connectivity index (χ0) is 15.5. The van der Waals surface area contributed by atoms with Gasteiger partial charge in [-0.25, -0.2) is 13.4 Å². The Bertz CT molecular complexity index is 727. The molecule has 6 nitrogen and oxygen atoms in total. The van der Waals surface area contributed by atoms with Gasteiger partial charge in [-0.15, -0.1) is 0 Å². The Hall–Kier alpha value is -2.12. The van der Waals surface area contributed by atoms with E-state index in [1.54, 1.807) is 31.2 Å². The van der Waals surface area contributed by atoms with Gasteiger partial charge in [0.25, 0.3) is 10.0 Å². The van der Waals surface area contributed by atoms with Crippen molar-refractivity contribution in [2.75, 3.05) is 11.8 Å². The van der Waals surface area contributed by atoms with E-state index in [0.717, 1.165) is 0 Å². The summed E-state index contributed by atoms with van der Waals surface area (Å²) in [5.74, 6) is 0.399. The van der Waals surface area contributed by atoms with Crippen LogP contribution >= 0.6 is 0 Å². The third kappa shape index (κ3) is 3.50. The second kappa shape index (κ2) is 6.11. The minimum absolute atomic E-state index is 0.130. The van der Waals surface area contributed by atoms with E-state index in [-0.39, 0.29) is 11.5 Å². The molecule has 0 saturated carbocycles. The number of sulfonamides is 1. The standard InChI is InChI=1S/C14H16N2O4S/c1-10-3-4-11(9-17)7-13(10)21(18,19)16-12-5-6-14(20-2)15-8-12/h3-8,16-17H,9H2,1-2H3. The van der Waals surface area contributed by atoms with Crippen molar-refractivity contribution in [3.63, 3.8) is 0 Å². The summed E-state index contributed by atoms with van der Waals surface area (Å²) < 4.78 is 32.2. The monoisotopic (exact) mass is 308 g/mol. The van der Waals surface area contributed by atoms with Crippen LogP contribution in [0, 0.1) is 6.92 Å². The van der Waals surface area contributed by atoms with Gasteiger partial charge < -0.3 is 9.84 Å². The molecular formula is C14H16N2O4S. The minimum atomic E-state index is -3.74. The van der Waals surface area contributed by atoms with Crippen molar-refractivity contribution < 1.29 is 18.3 Å². The molecule has 0 radical (unpaired) electrons. The molecule has 21 heavy (non-hydrogen) atoms. The van der Waals surface area contributed by atoms with E-state index in [0.29, 0.717) is 22.7 Å². The first-order chi connectivity index (χ1) is 9.96. The molecule has 0 bridgehead atoms. The summed E-state index contributed by atoms with van der Waals surface area (Å²) in [4.78, 5) is 4.07. The largest absolute Gasteiger partial charge is 0.481 e. The highest BCUT2D eigenvalue weighted by Crippen LogP contribution is 2.21. The molecular weight excluding hydrogens is 292 g/mol. The predicted octanol–water partition coefficient (Wildman–Crippen LogP) is 1.69. The van der Waals surface area contributed by atoms with Gasteiger partial charge >= 0.3 is 0 Å². The van der Waals surface area contributed by atoms with E-state index in [1.165, 1.54) is 19.4 Å². The van der Waals surface area contributed by atoms with E-state index in [9.17, 15) is 8.42 Å². The Morgan fingerprint density at radius 1 is 1.29 bits per heavy atom. The Kier molecular flexibility index (Phi) is 4.44. The SMILES string of the molecule is COc1ccc(NS(=O)(=O)c2cc(CO)ccc2C)cn1. The van der Waals surface area contributed by atoms with Crippen molar-refractivity contribution in [1.29, 1.82) is 0 Å². The number of benzene rings is 1. The van der Waals surface area contributed by atoms with Gasteiger partial charge in [0.2, 0.25) is 5.88 Å². The van der Waals surface area contributed by atoms with Crippen LogP contribution in [0.3, 0.4) is 0 Å². The fraction of sp³-hybridized carbons (Fsp3) is 0.214. The van der Waals surface area contributed by atoms with Gasteiger partial charge in [-0.3, -0.25) is 4.72 Å². The maximum atomic E-state index is 12.4. The smallest absolute Gasteiger partial charge is 0.262 e. The van der Waals surface area contributed by atoms with Gasteiger partial charge in [0, 0.05) is 6.07 Å². The van der Waals surface area contributed by atoms with Crippen molar-refractivity contribution in [2.24, 2.45) is 0 Å². The Morgan fingerprint density at radius 2 is 2.05 bits per heavy atom. The highest BCUT2D eigenvalue weighted by Gasteiger charge is 2.17. The molecule has 0 aliphatic carbocycles.